The Kier molecular flexibility index (Phi) is 6.76. The van der Waals surface area contributed by atoms with Gasteiger partial charge in [-0.15, -0.1) is 0 Å². The van der Waals surface area contributed by atoms with E-state index in [1.54, 1.807) is 0 Å². The lowest BCUT2D eigenvalue weighted by Gasteiger charge is -2.39. The summed E-state index contributed by atoms with van der Waals surface area (Å²) in [5, 5.41) is 3.70. The number of rotatable bonds is 7. The molecule has 0 radical (unpaired) electrons. The van der Waals surface area contributed by atoms with Gasteiger partial charge in [-0.2, -0.15) is 0 Å². The molecule has 1 N–H and O–H groups in total. The molecule has 0 bridgehead atoms. The van der Waals surface area contributed by atoms with Gasteiger partial charge in [-0.3, -0.25) is 0 Å². The van der Waals surface area contributed by atoms with Gasteiger partial charge in [-0.25, -0.2) is 0 Å². The van der Waals surface area contributed by atoms with Crippen molar-refractivity contribution in [2.45, 2.75) is 80.2 Å². The van der Waals surface area contributed by atoms with Crippen LogP contribution in [0.5, 0.6) is 0 Å². The molecule has 0 aliphatic rings. The first-order valence-corrected chi connectivity index (χ1v) is 7.39. The van der Waals surface area contributed by atoms with Crippen molar-refractivity contribution < 1.29 is 0 Å². The summed E-state index contributed by atoms with van der Waals surface area (Å²) < 4.78 is 0. The lowest BCUT2D eigenvalue weighted by molar-refractivity contribution is 0.140. The van der Waals surface area contributed by atoms with E-state index < -0.39 is 0 Å². The van der Waals surface area contributed by atoms with Gasteiger partial charge in [-0.05, 0) is 44.4 Å². The van der Waals surface area contributed by atoms with Crippen molar-refractivity contribution in [2.24, 2.45) is 17.3 Å². The fraction of sp³-hybridized carbons (Fsp3) is 1.00. The van der Waals surface area contributed by atoms with Gasteiger partial charge < -0.3 is 5.32 Å². The second-order valence-corrected chi connectivity index (χ2v) is 7.30. The molecule has 1 heteroatoms. The van der Waals surface area contributed by atoms with Gasteiger partial charge in [0.25, 0.3) is 0 Å². The first-order chi connectivity index (χ1) is 7.64. The van der Waals surface area contributed by atoms with Gasteiger partial charge in [0.15, 0.2) is 0 Å². The summed E-state index contributed by atoms with van der Waals surface area (Å²) in [5.74, 6) is 1.61. The Morgan fingerprint density at radius 1 is 0.941 bits per heavy atom. The highest BCUT2D eigenvalue weighted by molar-refractivity contribution is 4.85. The quantitative estimate of drug-likeness (QED) is 0.671. The largest absolute Gasteiger partial charge is 0.312 e. The average molecular weight is 241 g/mol. The Hall–Kier alpha value is -0.0400. The summed E-state index contributed by atoms with van der Waals surface area (Å²) in [6, 6.07) is 0. The zero-order chi connectivity index (χ0) is 13.7. The molecule has 0 aromatic heterocycles. The third kappa shape index (κ3) is 6.45. The molecule has 1 unspecified atom stereocenters. The van der Waals surface area contributed by atoms with Crippen molar-refractivity contribution in [3.8, 4) is 0 Å². The van der Waals surface area contributed by atoms with Gasteiger partial charge in [0.1, 0.15) is 0 Å². The Morgan fingerprint density at radius 3 is 1.71 bits per heavy atom. The molecule has 0 aromatic carbocycles. The van der Waals surface area contributed by atoms with Crippen LogP contribution in [0, 0.1) is 17.3 Å². The van der Waals surface area contributed by atoms with Crippen LogP contribution in [0.15, 0.2) is 0 Å². The van der Waals surface area contributed by atoms with E-state index in [1.807, 2.05) is 0 Å². The van der Waals surface area contributed by atoms with E-state index in [0.29, 0.717) is 5.41 Å². The molecule has 0 heterocycles. The van der Waals surface area contributed by atoms with E-state index in [2.05, 4.69) is 60.7 Å². The van der Waals surface area contributed by atoms with Crippen LogP contribution in [0.3, 0.4) is 0 Å². The van der Waals surface area contributed by atoms with Gasteiger partial charge in [0, 0.05) is 12.1 Å². The van der Waals surface area contributed by atoms with Crippen molar-refractivity contribution >= 4 is 0 Å². The van der Waals surface area contributed by atoms with E-state index >= 15 is 0 Å². The molecule has 0 aliphatic heterocycles. The molecule has 0 spiro atoms. The second-order valence-electron chi connectivity index (χ2n) is 7.30. The summed E-state index contributed by atoms with van der Waals surface area (Å²) in [7, 11) is 0. The third-order valence-corrected chi connectivity index (χ3v) is 4.33. The maximum atomic E-state index is 3.70. The highest BCUT2D eigenvalue weighted by Gasteiger charge is 2.31. The third-order valence-electron chi connectivity index (χ3n) is 4.33. The summed E-state index contributed by atoms with van der Waals surface area (Å²) in [6.45, 7) is 19.7. The fourth-order valence-electron chi connectivity index (χ4n) is 2.22. The lowest BCUT2D eigenvalue weighted by Crippen LogP contribution is -2.45. The maximum Gasteiger partial charge on any atom is 0.00967 e. The minimum atomic E-state index is 0.226. The van der Waals surface area contributed by atoms with Gasteiger partial charge >= 0.3 is 0 Å². The number of nitrogens with one attached hydrogen (secondary N) is 1. The molecule has 104 valence electrons. The summed E-state index contributed by atoms with van der Waals surface area (Å²) in [5.41, 5.74) is 0.647. The molecule has 0 saturated heterocycles. The Labute approximate surface area is 110 Å². The standard InChI is InChI=1S/C16H35N/c1-9-14(10-2)11-16(8,13(3)4)12-17-15(5,6)7/h13-14,17H,9-12H2,1-8H3. The van der Waals surface area contributed by atoms with Crippen molar-refractivity contribution in [2.75, 3.05) is 6.54 Å². The van der Waals surface area contributed by atoms with E-state index in [4.69, 9.17) is 0 Å². The molecule has 1 atom stereocenters. The zero-order valence-corrected chi connectivity index (χ0v) is 13.5. The van der Waals surface area contributed by atoms with E-state index in [-0.39, 0.29) is 5.54 Å². The van der Waals surface area contributed by atoms with Crippen LogP contribution in [-0.2, 0) is 0 Å². The van der Waals surface area contributed by atoms with E-state index in [1.165, 1.54) is 19.3 Å². The first-order valence-electron chi connectivity index (χ1n) is 7.39. The van der Waals surface area contributed by atoms with Crippen LogP contribution >= 0.6 is 0 Å². The predicted molar refractivity (Wildman–Crippen MR) is 79.4 cm³/mol. The molecule has 0 rings (SSSR count). The Balaban J connectivity index is 4.56. The smallest absolute Gasteiger partial charge is 0.00967 e. The fourth-order valence-corrected chi connectivity index (χ4v) is 2.22. The minimum Gasteiger partial charge on any atom is -0.312 e. The monoisotopic (exact) mass is 241 g/mol. The molecule has 0 fully saturated rings. The molecule has 17 heavy (non-hydrogen) atoms. The minimum absolute atomic E-state index is 0.226. The van der Waals surface area contributed by atoms with Crippen molar-refractivity contribution in [1.29, 1.82) is 0 Å². The Bertz CT molecular complexity index is 198. The summed E-state index contributed by atoms with van der Waals surface area (Å²) in [6.07, 6.45) is 3.98. The molecule has 0 amide bonds. The maximum absolute atomic E-state index is 3.70. The number of hydrogen-bond acceptors (Lipinski definition) is 1. The van der Waals surface area contributed by atoms with Crippen LogP contribution in [0.1, 0.15) is 74.7 Å². The van der Waals surface area contributed by atoms with E-state index in [0.717, 1.165) is 18.4 Å². The van der Waals surface area contributed by atoms with Crippen LogP contribution in [0.2, 0.25) is 0 Å². The van der Waals surface area contributed by atoms with Crippen molar-refractivity contribution in [3.05, 3.63) is 0 Å². The van der Waals surface area contributed by atoms with E-state index in [9.17, 15) is 0 Å². The SMILES string of the molecule is CCC(CC)CC(C)(CNC(C)(C)C)C(C)C. The molecule has 0 aliphatic carbocycles. The van der Waals surface area contributed by atoms with Gasteiger partial charge in [-0.1, -0.05) is 47.5 Å². The topological polar surface area (TPSA) is 12.0 Å². The normalized spacial score (nSPS) is 16.6. The summed E-state index contributed by atoms with van der Waals surface area (Å²) >= 11 is 0. The molecule has 0 aromatic rings. The predicted octanol–water partition coefficient (Wildman–Crippen LogP) is 4.86. The van der Waals surface area contributed by atoms with Crippen LogP contribution in [-0.4, -0.2) is 12.1 Å². The number of hydrogen-bond donors (Lipinski definition) is 1. The van der Waals surface area contributed by atoms with Gasteiger partial charge in [0.2, 0.25) is 0 Å². The second kappa shape index (κ2) is 6.78. The van der Waals surface area contributed by atoms with Crippen LogP contribution in [0.4, 0.5) is 0 Å². The molecular formula is C16H35N. The lowest BCUT2D eigenvalue weighted by atomic mass is 9.71. The van der Waals surface area contributed by atoms with Gasteiger partial charge in [0.05, 0.1) is 0 Å². The summed E-state index contributed by atoms with van der Waals surface area (Å²) in [4.78, 5) is 0. The van der Waals surface area contributed by atoms with Crippen LogP contribution < -0.4 is 5.32 Å². The zero-order valence-electron chi connectivity index (χ0n) is 13.5. The highest BCUT2D eigenvalue weighted by atomic mass is 15.0. The van der Waals surface area contributed by atoms with Crippen molar-refractivity contribution in [3.63, 3.8) is 0 Å². The molecular weight excluding hydrogens is 206 g/mol. The van der Waals surface area contributed by atoms with Crippen LogP contribution in [0.25, 0.3) is 0 Å². The first kappa shape index (κ1) is 17.0. The average Bonchev–Trinajstić information content (AvgIpc) is 2.22. The van der Waals surface area contributed by atoms with Crippen molar-refractivity contribution in [1.82, 2.24) is 5.32 Å². The Morgan fingerprint density at radius 2 is 1.41 bits per heavy atom. The molecule has 0 saturated carbocycles. The molecule has 1 nitrogen and oxygen atoms in total. The highest BCUT2D eigenvalue weighted by Crippen LogP contribution is 2.36.